The highest BCUT2D eigenvalue weighted by molar-refractivity contribution is 6.13. The van der Waals surface area contributed by atoms with Gasteiger partial charge in [0.25, 0.3) is 5.91 Å². The second kappa shape index (κ2) is 10.6. The first-order chi connectivity index (χ1) is 19.5. The molecule has 0 aliphatic carbocycles. The minimum atomic E-state index is -0.521. The number of hydrogen-bond donors (Lipinski definition) is 2. The van der Waals surface area contributed by atoms with Gasteiger partial charge in [0.05, 0.1) is 17.7 Å². The molecule has 3 aliphatic heterocycles. The maximum Gasteiger partial charge on any atom is 0.253 e. The molecule has 3 atom stereocenters. The average Bonchev–Trinajstić information content (AvgIpc) is 3.01. The number of piperazine rings is 1. The lowest BCUT2D eigenvalue weighted by Crippen LogP contribution is -2.51. The van der Waals surface area contributed by atoms with Gasteiger partial charge in [0.15, 0.2) is 0 Å². The summed E-state index contributed by atoms with van der Waals surface area (Å²) >= 11 is 0. The topological polar surface area (TPSA) is 107 Å². The number of aromatic nitrogens is 1. The van der Waals surface area contributed by atoms with Crippen molar-refractivity contribution < 1.29 is 14.4 Å². The predicted molar refractivity (Wildman–Crippen MR) is 152 cm³/mol. The summed E-state index contributed by atoms with van der Waals surface area (Å²) < 4.78 is 0. The van der Waals surface area contributed by atoms with Crippen LogP contribution in [-0.2, 0) is 9.59 Å². The normalized spacial score (nSPS) is 21.6. The largest absolute Gasteiger partial charge is 0.377 e. The van der Waals surface area contributed by atoms with Crippen LogP contribution in [0, 0.1) is 5.92 Å². The fourth-order valence-electron chi connectivity index (χ4n) is 5.98. The molecule has 0 bridgehead atoms. The Morgan fingerprint density at radius 3 is 2.40 bits per heavy atom. The Morgan fingerprint density at radius 1 is 0.950 bits per heavy atom. The highest BCUT2D eigenvalue weighted by Crippen LogP contribution is 2.46. The number of rotatable bonds is 5. The second-order valence-corrected chi connectivity index (χ2v) is 10.8. The first-order valence-electron chi connectivity index (χ1n) is 13.7. The third kappa shape index (κ3) is 4.51. The van der Waals surface area contributed by atoms with Gasteiger partial charge < -0.3 is 19.9 Å². The van der Waals surface area contributed by atoms with Gasteiger partial charge in [0.1, 0.15) is 12.3 Å². The van der Waals surface area contributed by atoms with Crippen molar-refractivity contribution in [3.8, 4) is 0 Å². The zero-order valence-electron chi connectivity index (χ0n) is 22.6. The van der Waals surface area contributed by atoms with Gasteiger partial charge in [-0.1, -0.05) is 38.1 Å². The zero-order valence-corrected chi connectivity index (χ0v) is 22.6. The Hall–Kier alpha value is -4.53. The van der Waals surface area contributed by atoms with E-state index in [1.165, 1.54) is 0 Å². The van der Waals surface area contributed by atoms with Gasteiger partial charge in [0, 0.05) is 61.3 Å². The zero-order chi connectivity index (χ0) is 27.8. The van der Waals surface area contributed by atoms with E-state index < -0.39 is 6.04 Å². The van der Waals surface area contributed by atoms with Crippen LogP contribution in [0.2, 0.25) is 0 Å². The molecule has 2 amide bonds. The number of pyridine rings is 1. The highest BCUT2D eigenvalue weighted by Gasteiger charge is 2.40. The summed E-state index contributed by atoms with van der Waals surface area (Å²) in [6.45, 7) is 5.89. The molecule has 1 fully saturated rings. The summed E-state index contributed by atoms with van der Waals surface area (Å²) in [6, 6.07) is 16.9. The van der Waals surface area contributed by atoms with Gasteiger partial charge in [-0.05, 0) is 47.0 Å². The molecule has 2 aromatic carbocycles. The first-order valence-corrected chi connectivity index (χ1v) is 13.7. The van der Waals surface area contributed by atoms with Crippen LogP contribution >= 0.6 is 0 Å². The van der Waals surface area contributed by atoms with E-state index in [2.05, 4.69) is 15.7 Å². The van der Waals surface area contributed by atoms with Gasteiger partial charge in [-0.2, -0.15) is 5.10 Å². The monoisotopic (exact) mass is 536 g/mol. The molecule has 2 N–H and O–H groups in total. The van der Waals surface area contributed by atoms with E-state index in [4.69, 9.17) is 5.10 Å². The molecule has 1 saturated heterocycles. The lowest BCUT2D eigenvalue weighted by molar-refractivity contribution is -0.135. The van der Waals surface area contributed by atoms with Gasteiger partial charge in [-0.3, -0.25) is 20.0 Å². The Labute approximate surface area is 233 Å². The number of nitrogens with zero attached hydrogens (tertiary/aromatic N) is 4. The third-order valence-electron chi connectivity index (χ3n) is 8.02. The molecule has 3 unspecified atom stereocenters. The van der Waals surface area contributed by atoms with E-state index in [-0.39, 0.29) is 29.7 Å². The van der Waals surface area contributed by atoms with Crippen molar-refractivity contribution in [1.82, 2.24) is 20.2 Å². The molecule has 0 radical (unpaired) electrons. The van der Waals surface area contributed by atoms with E-state index >= 15 is 0 Å². The van der Waals surface area contributed by atoms with Crippen molar-refractivity contribution in [2.45, 2.75) is 31.8 Å². The van der Waals surface area contributed by atoms with Crippen LogP contribution in [0.3, 0.4) is 0 Å². The van der Waals surface area contributed by atoms with Crippen molar-refractivity contribution in [3.63, 3.8) is 0 Å². The maximum atomic E-state index is 13.6. The smallest absolute Gasteiger partial charge is 0.253 e. The molecule has 4 heterocycles. The molecule has 0 saturated carbocycles. The summed E-state index contributed by atoms with van der Waals surface area (Å²) in [5, 5.41) is 8.43. The molecule has 204 valence electrons. The number of carbonyl (C=O) groups excluding carboxylic acids is 3. The van der Waals surface area contributed by atoms with Crippen molar-refractivity contribution in [3.05, 3.63) is 94.8 Å². The summed E-state index contributed by atoms with van der Waals surface area (Å²) in [4.78, 5) is 45.7. The molecule has 6 rings (SSSR count). The standard InChI is InChI=1S/C31H32N6O3/c1-19(2)30(39)36-13-15-37(16-14-36)31(40)22-6-3-5-21(17-22)26-28(20-9-11-32-12-10-20)33-24-8-4-7-23-25(18-38)34-35-29(26)27(23)24/h3-12,17-19,25-26,28,33-34H,13-16H2,1-2H3. The fraction of sp³-hybridized carbons (Fsp3) is 0.323. The number of benzene rings is 2. The SMILES string of the molecule is CC(C)C(=O)N1CCN(C(=O)c2cccc(C3C4=NNC(C=O)c5cccc(c54)NC3c3ccncc3)c2)CC1. The number of aldehydes is 1. The van der Waals surface area contributed by atoms with Crippen LogP contribution in [0.25, 0.3) is 0 Å². The lowest BCUT2D eigenvalue weighted by Gasteiger charge is -2.40. The van der Waals surface area contributed by atoms with Crippen molar-refractivity contribution >= 4 is 29.5 Å². The van der Waals surface area contributed by atoms with Crippen LogP contribution in [0.5, 0.6) is 0 Å². The number of anilines is 1. The van der Waals surface area contributed by atoms with Gasteiger partial charge >= 0.3 is 0 Å². The molecular weight excluding hydrogens is 504 g/mol. The molecule has 9 nitrogen and oxygen atoms in total. The number of hydrazone groups is 1. The fourth-order valence-corrected chi connectivity index (χ4v) is 5.98. The van der Waals surface area contributed by atoms with Crippen LogP contribution in [-0.4, -0.2) is 64.8 Å². The van der Waals surface area contributed by atoms with E-state index in [1.54, 1.807) is 12.4 Å². The van der Waals surface area contributed by atoms with Crippen molar-refractivity contribution in [2.75, 3.05) is 31.5 Å². The molecule has 9 heteroatoms. The number of amides is 2. The van der Waals surface area contributed by atoms with Gasteiger partial charge in [0.2, 0.25) is 5.91 Å². The summed E-state index contributed by atoms with van der Waals surface area (Å²) in [7, 11) is 0. The number of hydrogen-bond acceptors (Lipinski definition) is 7. The predicted octanol–water partition coefficient (Wildman–Crippen LogP) is 3.52. The Kier molecular flexibility index (Phi) is 6.79. The molecule has 3 aliphatic rings. The van der Waals surface area contributed by atoms with E-state index in [0.717, 1.165) is 39.9 Å². The Morgan fingerprint density at radius 2 is 1.68 bits per heavy atom. The molecular formula is C31H32N6O3. The van der Waals surface area contributed by atoms with E-state index in [0.29, 0.717) is 31.7 Å². The maximum absolute atomic E-state index is 13.6. The number of carbonyl (C=O) groups is 3. The van der Waals surface area contributed by atoms with Crippen LogP contribution in [0.1, 0.15) is 64.5 Å². The molecule has 3 aromatic rings. The highest BCUT2D eigenvalue weighted by atomic mass is 16.2. The first kappa shape index (κ1) is 25.7. The van der Waals surface area contributed by atoms with Crippen LogP contribution in [0.15, 0.2) is 72.1 Å². The summed E-state index contributed by atoms with van der Waals surface area (Å²) in [5.74, 6) is -0.210. The van der Waals surface area contributed by atoms with Gasteiger partial charge in [-0.15, -0.1) is 0 Å². The number of nitrogens with one attached hydrogen (secondary N) is 2. The van der Waals surface area contributed by atoms with Gasteiger partial charge in [-0.25, -0.2) is 0 Å². The third-order valence-corrected chi connectivity index (χ3v) is 8.02. The molecule has 40 heavy (non-hydrogen) atoms. The van der Waals surface area contributed by atoms with Crippen molar-refractivity contribution in [1.29, 1.82) is 0 Å². The second-order valence-electron chi connectivity index (χ2n) is 10.8. The lowest BCUT2D eigenvalue weighted by atomic mass is 9.75. The molecule has 0 spiro atoms. The van der Waals surface area contributed by atoms with E-state index in [1.807, 2.05) is 78.2 Å². The Bertz CT molecular complexity index is 1480. The minimum Gasteiger partial charge on any atom is -0.377 e. The van der Waals surface area contributed by atoms with Crippen LogP contribution in [0.4, 0.5) is 5.69 Å². The van der Waals surface area contributed by atoms with Crippen LogP contribution < -0.4 is 10.7 Å². The minimum absolute atomic E-state index is 0.0476. The Balaban J connectivity index is 1.35. The molecule has 1 aromatic heterocycles. The quantitative estimate of drug-likeness (QED) is 0.484. The van der Waals surface area contributed by atoms with Crippen molar-refractivity contribution in [2.24, 2.45) is 11.0 Å². The van der Waals surface area contributed by atoms with E-state index in [9.17, 15) is 14.4 Å². The summed E-state index contributed by atoms with van der Waals surface area (Å²) in [5.41, 5.74) is 9.18. The average molecular weight is 537 g/mol. The summed E-state index contributed by atoms with van der Waals surface area (Å²) in [6.07, 6.45) is 4.41.